The lowest BCUT2D eigenvalue weighted by atomic mass is 9.85. The number of amides is 1. The zero-order valence-corrected chi connectivity index (χ0v) is 13.2. The van der Waals surface area contributed by atoms with Gasteiger partial charge in [0.15, 0.2) is 0 Å². The van der Waals surface area contributed by atoms with E-state index in [0.29, 0.717) is 12.5 Å². The maximum absolute atomic E-state index is 12.7. The molecular formula is C18H23N3O. The van der Waals surface area contributed by atoms with Crippen molar-refractivity contribution < 1.29 is 4.79 Å². The predicted octanol–water partition coefficient (Wildman–Crippen LogP) is 2.98. The van der Waals surface area contributed by atoms with Gasteiger partial charge in [0.25, 0.3) is 0 Å². The molecule has 0 radical (unpaired) electrons. The summed E-state index contributed by atoms with van der Waals surface area (Å²) in [4.78, 5) is 19.5. The Balaban J connectivity index is 1.52. The summed E-state index contributed by atoms with van der Waals surface area (Å²) in [5.74, 6) is 1.01. The van der Waals surface area contributed by atoms with Crippen molar-refractivity contribution in [2.75, 3.05) is 6.54 Å². The molecule has 2 aromatic rings. The molecule has 4 rings (SSSR count). The Morgan fingerprint density at radius 3 is 3.05 bits per heavy atom. The van der Waals surface area contributed by atoms with E-state index in [2.05, 4.69) is 22.9 Å². The average Bonchev–Trinajstić information content (AvgIpc) is 3.11. The second-order valence-corrected chi connectivity index (χ2v) is 6.82. The summed E-state index contributed by atoms with van der Waals surface area (Å²) in [5.41, 5.74) is 3.00. The first-order valence-electron chi connectivity index (χ1n) is 8.45. The SMILES string of the molecule is Cc1cccn2cc(CC(=O)N3CCC4CCCCC43)nc12. The molecule has 4 heteroatoms. The molecule has 1 aliphatic carbocycles. The van der Waals surface area contributed by atoms with Crippen LogP contribution in [0.3, 0.4) is 0 Å². The summed E-state index contributed by atoms with van der Waals surface area (Å²) in [7, 11) is 0. The number of likely N-dealkylation sites (tertiary alicyclic amines) is 1. The van der Waals surface area contributed by atoms with Gasteiger partial charge in [0.05, 0.1) is 12.1 Å². The number of carbonyl (C=O) groups excluding carboxylic acids is 1. The lowest BCUT2D eigenvalue weighted by Gasteiger charge is -2.31. The molecule has 1 amide bonds. The number of aromatic nitrogens is 2. The number of imidazole rings is 1. The minimum Gasteiger partial charge on any atom is -0.339 e. The summed E-state index contributed by atoms with van der Waals surface area (Å²) in [6.45, 7) is 3.00. The van der Waals surface area contributed by atoms with Gasteiger partial charge in [0, 0.05) is 25.0 Å². The number of nitrogens with zero attached hydrogens (tertiary/aromatic N) is 3. The first-order chi connectivity index (χ1) is 10.7. The van der Waals surface area contributed by atoms with E-state index in [1.807, 2.05) is 22.9 Å². The molecule has 1 saturated carbocycles. The zero-order valence-electron chi connectivity index (χ0n) is 13.2. The molecule has 0 spiro atoms. The fourth-order valence-corrected chi connectivity index (χ4v) is 4.26. The van der Waals surface area contributed by atoms with E-state index in [9.17, 15) is 4.79 Å². The van der Waals surface area contributed by atoms with Crippen LogP contribution in [0, 0.1) is 12.8 Å². The van der Waals surface area contributed by atoms with E-state index < -0.39 is 0 Å². The molecule has 116 valence electrons. The molecule has 4 nitrogen and oxygen atoms in total. The Morgan fingerprint density at radius 1 is 1.32 bits per heavy atom. The molecule has 1 aliphatic heterocycles. The van der Waals surface area contributed by atoms with Crippen molar-refractivity contribution in [1.82, 2.24) is 14.3 Å². The third-order valence-electron chi connectivity index (χ3n) is 5.39. The van der Waals surface area contributed by atoms with Gasteiger partial charge in [-0.3, -0.25) is 4.79 Å². The lowest BCUT2D eigenvalue weighted by Crippen LogP contribution is -2.40. The van der Waals surface area contributed by atoms with Crippen molar-refractivity contribution in [2.45, 2.75) is 51.5 Å². The molecule has 2 atom stereocenters. The molecule has 3 heterocycles. The smallest absolute Gasteiger partial charge is 0.228 e. The zero-order chi connectivity index (χ0) is 15.1. The Kier molecular flexibility index (Phi) is 3.40. The maximum Gasteiger partial charge on any atom is 0.228 e. The Labute approximate surface area is 131 Å². The van der Waals surface area contributed by atoms with E-state index in [-0.39, 0.29) is 5.91 Å². The number of rotatable bonds is 2. The third kappa shape index (κ3) is 2.31. The average molecular weight is 297 g/mol. The highest BCUT2D eigenvalue weighted by Crippen LogP contribution is 2.36. The van der Waals surface area contributed by atoms with E-state index in [1.165, 1.54) is 32.1 Å². The molecule has 2 unspecified atom stereocenters. The summed E-state index contributed by atoms with van der Waals surface area (Å²) >= 11 is 0. The van der Waals surface area contributed by atoms with Crippen LogP contribution in [0.1, 0.15) is 43.4 Å². The fraction of sp³-hybridized carbons (Fsp3) is 0.556. The standard InChI is InChI=1S/C18H23N3O/c1-13-5-4-9-20-12-15(19-18(13)20)11-17(22)21-10-8-14-6-2-3-7-16(14)21/h4-5,9,12,14,16H,2-3,6-8,10-11H2,1H3. The van der Waals surface area contributed by atoms with Crippen LogP contribution in [-0.2, 0) is 11.2 Å². The fourth-order valence-electron chi connectivity index (χ4n) is 4.26. The molecular weight excluding hydrogens is 274 g/mol. The Bertz CT molecular complexity index is 705. The van der Waals surface area contributed by atoms with Gasteiger partial charge in [0.1, 0.15) is 5.65 Å². The monoisotopic (exact) mass is 297 g/mol. The van der Waals surface area contributed by atoms with Gasteiger partial charge in [-0.25, -0.2) is 4.98 Å². The number of pyridine rings is 1. The van der Waals surface area contributed by atoms with Gasteiger partial charge in [0.2, 0.25) is 5.91 Å². The summed E-state index contributed by atoms with van der Waals surface area (Å²) in [5, 5.41) is 0. The molecule has 2 aromatic heterocycles. The Morgan fingerprint density at radius 2 is 2.18 bits per heavy atom. The van der Waals surface area contributed by atoms with Gasteiger partial charge in [-0.2, -0.15) is 0 Å². The number of fused-ring (bicyclic) bond motifs is 2. The van der Waals surface area contributed by atoms with Crippen LogP contribution in [0.4, 0.5) is 0 Å². The topological polar surface area (TPSA) is 37.6 Å². The second kappa shape index (κ2) is 5.41. The normalized spacial score (nSPS) is 24.7. The van der Waals surface area contributed by atoms with Gasteiger partial charge in [-0.05, 0) is 43.7 Å². The highest BCUT2D eigenvalue weighted by atomic mass is 16.2. The largest absolute Gasteiger partial charge is 0.339 e. The van der Waals surface area contributed by atoms with Gasteiger partial charge in [-0.1, -0.05) is 18.9 Å². The third-order valence-corrected chi connectivity index (χ3v) is 5.39. The van der Waals surface area contributed by atoms with Gasteiger partial charge >= 0.3 is 0 Å². The highest BCUT2D eigenvalue weighted by Gasteiger charge is 2.37. The van der Waals surface area contributed by atoms with Crippen LogP contribution >= 0.6 is 0 Å². The van der Waals surface area contributed by atoms with Gasteiger partial charge in [-0.15, -0.1) is 0 Å². The predicted molar refractivity (Wildman–Crippen MR) is 85.7 cm³/mol. The number of carbonyl (C=O) groups is 1. The number of hydrogen-bond donors (Lipinski definition) is 0. The van der Waals surface area contributed by atoms with Crippen molar-refractivity contribution in [3.8, 4) is 0 Å². The van der Waals surface area contributed by atoms with Crippen molar-refractivity contribution in [3.05, 3.63) is 35.8 Å². The van der Waals surface area contributed by atoms with Gasteiger partial charge < -0.3 is 9.30 Å². The van der Waals surface area contributed by atoms with Crippen LogP contribution in [0.25, 0.3) is 5.65 Å². The van der Waals surface area contributed by atoms with E-state index in [4.69, 9.17) is 0 Å². The molecule has 1 saturated heterocycles. The van der Waals surface area contributed by atoms with Crippen LogP contribution in [0.2, 0.25) is 0 Å². The minimum absolute atomic E-state index is 0.260. The van der Waals surface area contributed by atoms with Crippen LogP contribution in [-0.4, -0.2) is 32.8 Å². The van der Waals surface area contributed by atoms with Crippen molar-refractivity contribution in [3.63, 3.8) is 0 Å². The molecule has 2 aliphatic rings. The minimum atomic E-state index is 0.260. The number of aryl methyl sites for hydroxylation is 1. The quantitative estimate of drug-likeness (QED) is 0.854. The first-order valence-corrected chi connectivity index (χ1v) is 8.45. The van der Waals surface area contributed by atoms with Crippen molar-refractivity contribution in [2.24, 2.45) is 5.92 Å². The summed E-state index contributed by atoms with van der Waals surface area (Å²) in [6.07, 6.45) is 10.7. The van der Waals surface area contributed by atoms with Crippen molar-refractivity contribution in [1.29, 1.82) is 0 Å². The molecule has 0 bridgehead atoms. The van der Waals surface area contributed by atoms with E-state index in [0.717, 1.165) is 29.4 Å². The summed E-state index contributed by atoms with van der Waals surface area (Å²) in [6, 6.07) is 4.57. The van der Waals surface area contributed by atoms with Crippen LogP contribution < -0.4 is 0 Å². The first kappa shape index (κ1) is 13.8. The van der Waals surface area contributed by atoms with E-state index >= 15 is 0 Å². The molecule has 2 fully saturated rings. The lowest BCUT2D eigenvalue weighted by molar-refractivity contribution is -0.132. The summed E-state index contributed by atoms with van der Waals surface area (Å²) < 4.78 is 2.02. The van der Waals surface area contributed by atoms with E-state index in [1.54, 1.807) is 0 Å². The molecule has 22 heavy (non-hydrogen) atoms. The van der Waals surface area contributed by atoms with Crippen molar-refractivity contribution >= 4 is 11.6 Å². The second-order valence-electron chi connectivity index (χ2n) is 6.82. The molecule has 0 aromatic carbocycles. The van der Waals surface area contributed by atoms with Crippen LogP contribution in [0.5, 0.6) is 0 Å². The maximum atomic E-state index is 12.7. The number of hydrogen-bond acceptors (Lipinski definition) is 2. The van der Waals surface area contributed by atoms with Crippen LogP contribution in [0.15, 0.2) is 24.5 Å². The molecule has 0 N–H and O–H groups in total. The Hall–Kier alpha value is -1.84. The highest BCUT2D eigenvalue weighted by molar-refractivity contribution is 5.79.